The van der Waals surface area contributed by atoms with E-state index < -0.39 is 8.96 Å². The molecule has 78 valence electrons. The molecule has 0 radical (unpaired) electrons. The number of Topliss-reactive ketones (excluding diaryl/α,β-unsaturated/α-hetero) is 1. The van der Waals surface area contributed by atoms with Crippen molar-refractivity contribution in [1.29, 1.82) is 0 Å². The maximum atomic E-state index is 11.8. The fourth-order valence-corrected chi connectivity index (χ4v) is 4.82. The minimum absolute atomic E-state index is 0.0431. The number of alkyl halides is 2. The van der Waals surface area contributed by atoms with E-state index in [4.69, 9.17) is 0 Å². The zero-order chi connectivity index (χ0) is 10.1. The molecule has 0 bridgehead atoms. The van der Waals surface area contributed by atoms with Crippen molar-refractivity contribution in [3.8, 4) is 0 Å². The van der Waals surface area contributed by atoms with Crippen LogP contribution in [0.25, 0.3) is 0 Å². The second kappa shape index (κ2) is 2.62. The van der Waals surface area contributed by atoms with E-state index in [1.54, 1.807) is 0 Å². The Labute approximate surface area is 99.1 Å². The fraction of sp³-hybridized carbons (Fsp3) is 0.889. The van der Waals surface area contributed by atoms with E-state index in [1.807, 2.05) is 4.90 Å². The summed E-state index contributed by atoms with van der Waals surface area (Å²) >= 11 is 6.90. The molecule has 0 amide bonds. The quantitative estimate of drug-likeness (QED) is 0.684. The van der Waals surface area contributed by atoms with Gasteiger partial charge in [0.15, 0.2) is 5.78 Å². The summed E-state index contributed by atoms with van der Waals surface area (Å²) in [7, 11) is 0. The first-order valence-electron chi connectivity index (χ1n) is 4.89. The van der Waals surface area contributed by atoms with Crippen LogP contribution in [0, 0.1) is 0 Å². The Kier molecular flexibility index (Phi) is 1.82. The molecule has 0 unspecified atom stereocenters. The molecule has 0 aromatic rings. The summed E-state index contributed by atoms with van der Waals surface area (Å²) in [4.78, 5) is 13.8. The smallest absolute Gasteiger partial charge is 0.204 e. The summed E-state index contributed by atoms with van der Waals surface area (Å²) < 4.78 is -0.635. The summed E-state index contributed by atoms with van der Waals surface area (Å²) in [5, 5.41) is 10.5. The van der Waals surface area contributed by atoms with Crippen LogP contribution in [0.2, 0.25) is 0 Å². The van der Waals surface area contributed by atoms with Gasteiger partial charge in [-0.3, -0.25) is 9.69 Å². The van der Waals surface area contributed by atoms with Gasteiger partial charge in [-0.05, 0) is 19.3 Å². The molecule has 0 aromatic heterocycles. The van der Waals surface area contributed by atoms with Crippen LogP contribution in [-0.4, -0.2) is 36.8 Å². The highest BCUT2D eigenvalue weighted by Gasteiger charge is 2.71. The monoisotopic (exact) mass is 323 g/mol. The topological polar surface area (TPSA) is 40.5 Å². The molecular formula is C9H11Br2NO2. The molecular weight excluding hydrogens is 314 g/mol. The summed E-state index contributed by atoms with van der Waals surface area (Å²) in [6.45, 7) is 0. The van der Waals surface area contributed by atoms with Gasteiger partial charge in [0.1, 0.15) is 3.23 Å². The van der Waals surface area contributed by atoms with Gasteiger partial charge in [0.05, 0.1) is 0 Å². The van der Waals surface area contributed by atoms with Crippen LogP contribution < -0.4 is 0 Å². The number of aliphatic hydroxyl groups is 1. The zero-order valence-electron chi connectivity index (χ0n) is 7.54. The average molecular weight is 325 g/mol. The van der Waals surface area contributed by atoms with Gasteiger partial charge in [-0.2, -0.15) is 0 Å². The van der Waals surface area contributed by atoms with E-state index in [0.29, 0.717) is 12.5 Å². The van der Waals surface area contributed by atoms with Crippen LogP contribution in [0.3, 0.4) is 0 Å². The highest BCUT2D eigenvalue weighted by molar-refractivity contribution is 9.25. The highest BCUT2D eigenvalue weighted by atomic mass is 79.9. The number of hydrogen-bond donors (Lipinski definition) is 1. The number of ketones is 1. The van der Waals surface area contributed by atoms with E-state index in [0.717, 1.165) is 19.3 Å². The van der Waals surface area contributed by atoms with Crippen LogP contribution in [0.15, 0.2) is 0 Å². The summed E-state index contributed by atoms with van der Waals surface area (Å²) in [6, 6.07) is 0.629. The normalized spacial score (nSPS) is 50.1. The van der Waals surface area contributed by atoms with Gasteiger partial charge in [-0.1, -0.05) is 31.9 Å². The van der Waals surface area contributed by atoms with Crippen molar-refractivity contribution in [2.45, 2.75) is 46.7 Å². The molecule has 3 nitrogen and oxygen atoms in total. The number of carbonyl (C=O) groups excluding carboxylic acids is 1. The number of nitrogens with zero attached hydrogens (tertiary/aromatic N) is 1. The molecule has 14 heavy (non-hydrogen) atoms. The summed E-state index contributed by atoms with van der Waals surface area (Å²) in [5.41, 5.74) is -1.31. The van der Waals surface area contributed by atoms with Gasteiger partial charge in [-0.15, -0.1) is 0 Å². The van der Waals surface area contributed by atoms with E-state index in [-0.39, 0.29) is 11.8 Å². The molecule has 0 saturated carbocycles. The van der Waals surface area contributed by atoms with Crippen molar-refractivity contribution in [1.82, 2.24) is 4.90 Å². The Morgan fingerprint density at radius 1 is 1.36 bits per heavy atom. The predicted octanol–water partition coefficient (Wildman–Crippen LogP) is 1.37. The van der Waals surface area contributed by atoms with Crippen LogP contribution >= 0.6 is 31.9 Å². The third-order valence-electron chi connectivity index (χ3n) is 3.81. The van der Waals surface area contributed by atoms with Gasteiger partial charge in [0.2, 0.25) is 5.72 Å². The molecule has 3 heterocycles. The van der Waals surface area contributed by atoms with Crippen molar-refractivity contribution in [3.05, 3.63) is 0 Å². The second-order valence-corrected chi connectivity index (χ2v) is 8.27. The second-order valence-electron chi connectivity index (χ2n) is 4.50. The van der Waals surface area contributed by atoms with Crippen molar-refractivity contribution >= 4 is 37.6 Å². The third kappa shape index (κ3) is 0.883. The Balaban J connectivity index is 2.13. The third-order valence-corrected chi connectivity index (χ3v) is 5.56. The van der Waals surface area contributed by atoms with Crippen LogP contribution in [-0.2, 0) is 4.79 Å². The molecule has 3 atom stereocenters. The minimum atomic E-state index is -1.31. The number of hydrogen-bond acceptors (Lipinski definition) is 3. The number of rotatable bonds is 0. The molecule has 0 spiro atoms. The molecule has 0 aromatic carbocycles. The first-order valence-corrected chi connectivity index (χ1v) is 6.47. The summed E-state index contributed by atoms with van der Waals surface area (Å²) in [6.07, 6.45) is 3.45. The minimum Gasteiger partial charge on any atom is -0.367 e. The molecule has 3 saturated heterocycles. The number of carbonyl (C=O) groups is 1. The van der Waals surface area contributed by atoms with Gasteiger partial charge >= 0.3 is 0 Å². The average Bonchev–Trinajstić information content (AvgIpc) is 2.61. The molecule has 3 aliphatic heterocycles. The van der Waals surface area contributed by atoms with Crippen molar-refractivity contribution in [3.63, 3.8) is 0 Å². The molecule has 0 aliphatic carbocycles. The van der Waals surface area contributed by atoms with Crippen LogP contribution in [0.4, 0.5) is 0 Å². The van der Waals surface area contributed by atoms with Crippen molar-refractivity contribution in [2.24, 2.45) is 0 Å². The van der Waals surface area contributed by atoms with E-state index in [1.165, 1.54) is 0 Å². The van der Waals surface area contributed by atoms with E-state index in [2.05, 4.69) is 31.9 Å². The van der Waals surface area contributed by atoms with Gasteiger partial charge in [0, 0.05) is 18.5 Å². The lowest BCUT2D eigenvalue weighted by Crippen LogP contribution is -2.54. The predicted molar refractivity (Wildman–Crippen MR) is 58.4 cm³/mol. The molecule has 5 heteroatoms. The molecule has 3 aliphatic rings. The molecule has 3 fully saturated rings. The van der Waals surface area contributed by atoms with Gasteiger partial charge in [-0.25, -0.2) is 0 Å². The molecule has 1 N–H and O–H groups in total. The lowest BCUT2D eigenvalue weighted by molar-refractivity contribution is -0.145. The number of halogens is 2. The SMILES string of the molecule is O=C1C[C@@H]2CC[C@@H]3CC(Br)(Br)[C@@]1(O)N32. The zero-order valence-corrected chi connectivity index (χ0v) is 10.7. The Morgan fingerprint density at radius 3 is 2.71 bits per heavy atom. The maximum Gasteiger partial charge on any atom is 0.204 e. The first-order chi connectivity index (χ1) is 6.47. The standard InChI is InChI=1S/C9H11Br2NO2/c10-8(11)4-6-2-1-5-3-7(13)9(8,14)12(5)6/h5-6,14H,1-4H2/t5-,6+,9+/m0/s1. The van der Waals surface area contributed by atoms with E-state index in [9.17, 15) is 9.90 Å². The van der Waals surface area contributed by atoms with Crippen LogP contribution in [0.1, 0.15) is 25.7 Å². The Hall–Kier alpha value is 0.550. The lowest BCUT2D eigenvalue weighted by Gasteiger charge is -2.33. The maximum absolute atomic E-state index is 11.8. The van der Waals surface area contributed by atoms with Crippen LogP contribution in [0.5, 0.6) is 0 Å². The largest absolute Gasteiger partial charge is 0.367 e. The van der Waals surface area contributed by atoms with E-state index >= 15 is 0 Å². The Bertz CT molecular complexity index is 320. The highest BCUT2D eigenvalue weighted by Crippen LogP contribution is 2.59. The van der Waals surface area contributed by atoms with Crippen molar-refractivity contribution < 1.29 is 9.90 Å². The fourth-order valence-electron chi connectivity index (χ4n) is 3.22. The van der Waals surface area contributed by atoms with Gasteiger partial charge < -0.3 is 5.11 Å². The summed E-state index contributed by atoms with van der Waals surface area (Å²) in [5.74, 6) is -0.0431. The first kappa shape index (κ1) is 9.75. The lowest BCUT2D eigenvalue weighted by atomic mass is 10.1. The van der Waals surface area contributed by atoms with Gasteiger partial charge in [0.25, 0.3) is 0 Å². The van der Waals surface area contributed by atoms with Crippen molar-refractivity contribution in [2.75, 3.05) is 0 Å². The molecule has 3 rings (SSSR count). The Morgan fingerprint density at radius 2 is 2.00 bits per heavy atom.